The van der Waals surface area contributed by atoms with Crippen molar-refractivity contribution < 1.29 is 9.15 Å². The number of thioether (sulfide) groups is 1. The first-order chi connectivity index (χ1) is 12.2. The first-order valence-electron chi connectivity index (χ1n) is 8.36. The van der Waals surface area contributed by atoms with Crippen LogP contribution < -0.4 is 4.74 Å². The van der Waals surface area contributed by atoms with Gasteiger partial charge in [0.25, 0.3) is 5.22 Å². The van der Waals surface area contributed by atoms with Crippen LogP contribution in [0.25, 0.3) is 0 Å². The third kappa shape index (κ3) is 5.36. The summed E-state index contributed by atoms with van der Waals surface area (Å²) in [6, 6.07) is 16.7. The van der Waals surface area contributed by atoms with Gasteiger partial charge in [-0.25, -0.2) is 0 Å². The number of nitrogens with zero attached hydrogens (tertiary/aromatic N) is 2. The highest BCUT2D eigenvalue weighted by Crippen LogP contribution is 2.22. The molecule has 0 atom stereocenters. The Balaban J connectivity index is 1.44. The minimum absolute atomic E-state index is 0.639. The molecule has 130 valence electrons. The van der Waals surface area contributed by atoms with Gasteiger partial charge in [-0.15, -0.1) is 10.2 Å². The summed E-state index contributed by atoms with van der Waals surface area (Å²) in [5.74, 6) is 2.43. The van der Waals surface area contributed by atoms with Gasteiger partial charge in [0.05, 0.1) is 7.11 Å². The first-order valence-corrected chi connectivity index (χ1v) is 9.35. The van der Waals surface area contributed by atoms with E-state index in [9.17, 15) is 0 Å². The molecule has 0 saturated heterocycles. The summed E-state index contributed by atoms with van der Waals surface area (Å²) in [6.07, 6.45) is 2.76. The molecule has 0 radical (unpaired) electrons. The predicted octanol–water partition coefficient (Wildman–Crippen LogP) is 4.85. The Kier molecular flexibility index (Phi) is 6.12. The van der Waals surface area contributed by atoms with Crippen molar-refractivity contribution in [2.24, 2.45) is 0 Å². The van der Waals surface area contributed by atoms with Crippen molar-refractivity contribution in [2.75, 3.05) is 7.11 Å². The number of aryl methyl sites for hydroxylation is 3. The lowest BCUT2D eigenvalue weighted by molar-refractivity contribution is 0.409. The molecule has 0 aliphatic heterocycles. The van der Waals surface area contributed by atoms with Crippen LogP contribution in [0.1, 0.15) is 29.0 Å². The lowest BCUT2D eigenvalue weighted by Gasteiger charge is -2.02. The third-order valence-electron chi connectivity index (χ3n) is 3.95. The van der Waals surface area contributed by atoms with Crippen LogP contribution in [0, 0.1) is 6.92 Å². The van der Waals surface area contributed by atoms with Crippen molar-refractivity contribution in [2.45, 2.75) is 37.2 Å². The monoisotopic (exact) mass is 354 g/mol. The molecule has 0 amide bonds. The van der Waals surface area contributed by atoms with E-state index in [4.69, 9.17) is 9.15 Å². The van der Waals surface area contributed by atoms with E-state index in [-0.39, 0.29) is 0 Å². The Morgan fingerprint density at radius 2 is 1.64 bits per heavy atom. The molecular formula is C20H22N2O2S. The van der Waals surface area contributed by atoms with Crippen molar-refractivity contribution in [1.82, 2.24) is 10.2 Å². The molecule has 0 saturated carbocycles. The van der Waals surface area contributed by atoms with Gasteiger partial charge in [-0.05, 0) is 43.0 Å². The molecule has 25 heavy (non-hydrogen) atoms. The standard InChI is InChI=1S/C20H22N2O2S/c1-15-6-8-17(9-7-15)14-25-20-22-21-19(24-20)5-3-4-16-10-12-18(23-2)13-11-16/h6-13H,3-5,14H2,1-2H3. The van der Waals surface area contributed by atoms with Gasteiger partial charge in [-0.2, -0.15) is 0 Å². The zero-order chi connectivity index (χ0) is 17.5. The van der Waals surface area contributed by atoms with Gasteiger partial charge in [0, 0.05) is 12.2 Å². The van der Waals surface area contributed by atoms with Gasteiger partial charge in [-0.3, -0.25) is 0 Å². The quantitative estimate of drug-likeness (QED) is 0.541. The van der Waals surface area contributed by atoms with E-state index in [2.05, 4.69) is 53.5 Å². The second kappa shape index (κ2) is 8.72. The van der Waals surface area contributed by atoms with Crippen LogP contribution in [-0.2, 0) is 18.6 Å². The molecule has 0 aliphatic rings. The number of methoxy groups -OCH3 is 1. The highest BCUT2D eigenvalue weighted by molar-refractivity contribution is 7.98. The summed E-state index contributed by atoms with van der Waals surface area (Å²) in [5, 5.41) is 8.91. The topological polar surface area (TPSA) is 48.2 Å². The molecule has 0 spiro atoms. The lowest BCUT2D eigenvalue weighted by Crippen LogP contribution is -1.91. The molecule has 0 fully saturated rings. The minimum atomic E-state index is 0.639. The summed E-state index contributed by atoms with van der Waals surface area (Å²) in [5.41, 5.74) is 3.81. The van der Waals surface area contributed by atoms with Gasteiger partial charge < -0.3 is 9.15 Å². The number of hydrogen-bond acceptors (Lipinski definition) is 5. The highest BCUT2D eigenvalue weighted by Gasteiger charge is 2.07. The lowest BCUT2D eigenvalue weighted by atomic mass is 10.1. The number of rotatable bonds is 8. The van der Waals surface area contributed by atoms with Crippen LogP contribution in [0.3, 0.4) is 0 Å². The molecule has 0 aliphatic carbocycles. The average molecular weight is 354 g/mol. The zero-order valence-electron chi connectivity index (χ0n) is 14.6. The van der Waals surface area contributed by atoms with Gasteiger partial charge >= 0.3 is 0 Å². The van der Waals surface area contributed by atoms with Gasteiger partial charge in [0.15, 0.2) is 0 Å². The van der Waals surface area contributed by atoms with Crippen LogP contribution in [0.2, 0.25) is 0 Å². The molecule has 5 heteroatoms. The van der Waals surface area contributed by atoms with Gasteiger partial charge in [-0.1, -0.05) is 53.7 Å². The molecule has 3 rings (SSSR count). The second-order valence-corrected chi connectivity index (χ2v) is 6.86. The minimum Gasteiger partial charge on any atom is -0.497 e. The van der Waals surface area contributed by atoms with E-state index < -0.39 is 0 Å². The molecule has 0 bridgehead atoms. The molecule has 2 aromatic carbocycles. The van der Waals surface area contributed by atoms with Crippen LogP contribution >= 0.6 is 11.8 Å². The Morgan fingerprint density at radius 1 is 0.920 bits per heavy atom. The maximum absolute atomic E-state index is 5.72. The highest BCUT2D eigenvalue weighted by atomic mass is 32.2. The van der Waals surface area contributed by atoms with Crippen molar-refractivity contribution in [3.8, 4) is 5.75 Å². The molecule has 1 aromatic heterocycles. The van der Waals surface area contributed by atoms with Crippen LogP contribution in [0.4, 0.5) is 0 Å². The van der Waals surface area contributed by atoms with Crippen LogP contribution in [0.5, 0.6) is 5.75 Å². The van der Waals surface area contributed by atoms with Crippen molar-refractivity contribution in [3.05, 3.63) is 71.1 Å². The largest absolute Gasteiger partial charge is 0.497 e. The molecule has 4 nitrogen and oxygen atoms in total. The summed E-state index contributed by atoms with van der Waals surface area (Å²) in [7, 11) is 1.68. The number of ether oxygens (including phenoxy) is 1. The summed E-state index contributed by atoms with van der Waals surface area (Å²) in [4.78, 5) is 0. The van der Waals surface area contributed by atoms with Crippen LogP contribution in [0.15, 0.2) is 58.2 Å². The fraction of sp³-hybridized carbons (Fsp3) is 0.300. The summed E-state index contributed by atoms with van der Waals surface area (Å²) < 4.78 is 10.9. The third-order valence-corrected chi connectivity index (χ3v) is 4.84. The number of aromatic nitrogens is 2. The van der Waals surface area contributed by atoms with Gasteiger partial charge in [0.1, 0.15) is 5.75 Å². The van der Waals surface area contributed by atoms with E-state index in [1.807, 2.05) is 12.1 Å². The fourth-order valence-electron chi connectivity index (χ4n) is 2.46. The van der Waals surface area contributed by atoms with Crippen molar-refractivity contribution in [3.63, 3.8) is 0 Å². The molecule has 1 heterocycles. The average Bonchev–Trinajstić information content (AvgIpc) is 3.10. The molecular weight excluding hydrogens is 332 g/mol. The first kappa shape index (κ1) is 17.5. The predicted molar refractivity (Wildman–Crippen MR) is 100 cm³/mol. The maximum Gasteiger partial charge on any atom is 0.276 e. The fourth-order valence-corrected chi connectivity index (χ4v) is 3.20. The Labute approximate surface area is 152 Å². The van der Waals surface area contributed by atoms with Crippen LogP contribution in [-0.4, -0.2) is 17.3 Å². The normalized spacial score (nSPS) is 10.8. The Hall–Kier alpha value is -2.27. The number of hydrogen-bond donors (Lipinski definition) is 0. The van der Waals surface area contributed by atoms with E-state index in [0.717, 1.165) is 30.8 Å². The maximum atomic E-state index is 5.72. The van der Waals surface area contributed by atoms with E-state index >= 15 is 0 Å². The Morgan fingerprint density at radius 3 is 2.36 bits per heavy atom. The van der Waals surface area contributed by atoms with Crippen molar-refractivity contribution >= 4 is 11.8 Å². The zero-order valence-corrected chi connectivity index (χ0v) is 15.4. The molecule has 3 aromatic rings. The SMILES string of the molecule is COc1ccc(CCCc2nnc(SCc3ccc(C)cc3)o2)cc1. The molecule has 0 N–H and O–H groups in total. The molecule has 0 unspecified atom stereocenters. The van der Waals surface area contributed by atoms with Gasteiger partial charge in [0.2, 0.25) is 5.89 Å². The Bertz CT molecular complexity index is 782. The second-order valence-electron chi connectivity index (χ2n) is 5.94. The number of benzene rings is 2. The summed E-state index contributed by atoms with van der Waals surface area (Å²) >= 11 is 1.58. The smallest absolute Gasteiger partial charge is 0.276 e. The van der Waals surface area contributed by atoms with Crippen molar-refractivity contribution in [1.29, 1.82) is 0 Å². The van der Waals surface area contributed by atoms with E-state index in [1.165, 1.54) is 16.7 Å². The van der Waals surface area contributed by atoms with E-state index in [1.54, 1.807) is 18.9 Å². The summed E-state index contributed by atoms with van der Waals surface area (Å²) in [6.45, 7) is 2.09. The van der Waals surface area contributed by atoms with E-state index in [0.29, 0.717) is 11.1 Å².